The summed E-state index contributed by atoms with van der Waals surface area (Å²) in [5.74, 6) is 6.57. The molecule has 1 aliphatic heterocycles. The fourth-order valence-electron chi connectivity index (χ4n) is 2.86. The second-order valence-electron chi connectivity index (χ2n) is 5.74. The van der Waals surface area contributed by atoms with Gasteiger partial charge in [-0.05, 0) is 49.4 Å². The Morgan fingerprint density at radius 3 is 2.47 bits per heavy atom. The predicted octanol–water partition coefficient (Wildman–Crippen LogP) is 2.48. The summed E-state index contributed by atoms with van der Waals surface area (Å²) < 4.78 is 0. The number of carbonyl (C=O) groups is 1. The molecule has 1 fully saturated rings. The third-order valence-corrected chi connectivity index (χ3v) is 4.16. The Labute approximate surface area is 114 Å². The summed E-state index contributed by atoms with van der Waals surface area (Å²) in [6.07, 6.45) is 1.20. The maximum absolute atomic E-state index is 12.6. The molecule has 3 atom stereocenters. The summed E-state index contributed by atoms with van der Waals surface area (Å²) in [5, 5.41) is 0. The molecule has 1 saturated heterocycles. The van der Waals surface area contributed by atoms with Crippen LogP contribution in [0.2, 0.25) is 0 Å². The van der Waals surface area contributed by atoms with E-state index in [2.05, 4.69) is 26.2 Å². The minimum atomic E-state index is 0.120. The van der Waals surface area contributed by atoms with Crippen LogP contribution in [0.15, 0.2) is 24.3 Å². The Bertz CT molecular complexity index is 443. The highest BCUT2D eigenvalue weighted by Crippen LogP contribution is 2.28. The van der Waals surface area contributed by atoms with Crippen molar-refractivity contribution in [2.45, 2.75) is 33.2 Å². The molecule has 4 nitrogen and oxygen atoms in total. The lowest BCUT2D eigenvalue weighted by Crippen LogP contribution is -2.48. The summed E-state index contributed by atoms with van der Waals surface area (Å²) >= 11 is 0. The molecule has 0 radical (unpaired) electrons. The van der Waals surface area contributed by atoms with Crippen molar-refractivity contribution in [1.82, 2.24) is 4.90 Å². The molecule has 1 amide bonds. The maximum Gasteiger partial charge on any atom is 0.254 e. The molecule has 0 bridgehead atoms. The van der Waals surface area contributed by atoms with E-state index in [0.717, 1.165) is 17.8 Å². The molecular formula is C15H23N3O. The van der Waals surface area contributed by atoms with Gasteiger partial charge in [-0.25, -0.2) is 0 Å². The number of piperidine rings is 1. The highest BCUT2D eigenvalue weighted by molar-refractivity contribution is 5.94. The summed E-state index contributed by atoms with van der Waals surface area (Å²) in [4.78, 5) is 14.6. The topological polar surface area (TPSA) is 58.4 Å². The average Bonchev–Trinajstić information content (AvgIpc) is 2.42. The number of carbonyl (C=O) groups excluding carboxylic acids is 1. The van der Waals surface area contributed by atoms with E-state index in [-0.39, 0.29) is 5.91 Å². The maximum atomic E-state index is 12.6. The van der Waals surface area contributed by atoms with Crippen molar-refractivity contribution in [3.05, 3.63) is 29.8 Å². The van der Waals surface area contributed by atoms with E-state index < -0.39 is 0 Å². The number of hydrogen-bond donors (Lipinski definition) is 2. The van der Waals surface area contributed by atoms with Gasteiger partial charge in [0.15, 0.2) is 0 Å². The Hall–Kier alpha value is -1.55. The van der Waals surface area contributed by atoms with Crippen molar-refractivity contribution in [3.8, 4) is 0 Å². The Balaban J connectivity index is 2.17. The Kier molecular flexibility index (Phi) is 4.10. The number of nitrogens with two attached hydrogens (primary N) is 1. The third kappa shape index (κ3) is 2.89. The van der Waals surface area contributed by atoms with E-state index in [4.69, 9.17) is 5.84 Å². The molecular weight excluding hydrogens is 238 g/mol. The first-order valence-corrected chi connectivity index (χ1v) is 6.90. The number of hydrogen-bond acceptors (Lipinski definition) is 3. The number of rotatable bonds is 2. The summed E-state index contributed by atoms with van der Waals surface area (Å²) in [7, 11) is 0. The Morgan fingerprint density at radius 2 is 1.89 bits per heavy atom. The molecule has 0 spiro atoms. The number of nitrogens with one attached hydrogen (secondary N) is 1. The molecule has 4 heteroatoms. The predicted molar refractivity (Wildman–Crippen MR) is 77.7 cm³/mol. The second kappa shape index (κ2) is 5.61. The summed E-state index contributed by atoms with van der Waals surface area (Å²) in [5.41, 5.74) is 4.11. The number of amides is 1. The van der Waals surface area contributed by atoms with Gasteiger partial charge in [0.05, 0.1) is 0 Å². The van der Waals surface area contributed by atoms with Gasteiger partial charge < -0.3 is 10.3 Å². The van der Waals surface area contributed by atoms with Crippen LogP contribution in [0.5, 0.6) is 0 Å². The van der Waals surface area contributed by atoms with Crippen molar-refractivity contribution >= 4 is 11.6 Å². The molecule has 0 aromatic heterocycles. The molecule has 19 heavy (non-hydrogen) atoms. The molecule has 0 aliphatic carbocycles. The van der Waals surface area contributed by atoms with E-state index in [1.807, 2.05) is 29.2 Å². The molecule has 3 N–H and O–H groups in total. The van der Waals surface area contributed by atoms with Crippen LogP contribution in [0.25, 0.3) is 0 Å². The second-order valence-corrected chi connectivity index (χ2v) is 5.74. The van der Waals surface area contributed by atoms with Crippen LogP contribution in [0.1, 0.15) is 37.6 Å². The van der Waals surface area contributed by atoms with Crippen LogP contribution >= 0.6 is 0 Å². The fourth-order valence-corrected chi connectivity index (χ4v) is 2.86. The zero-order chi connectivity index (χ0) is 14.0. The number of nitrogens with zero attached hydrogens (tertiary/aromatic N) is 1. The van der Waals surface area contributed by atoms with E-state index >= 15 is 0 Å². The molecule has 1 aromatic carbocycles. The lowest BCUT2D eigenvalue weighted by Gasteiger charge is -2.41. The first-order chi connectivity index (χ1) is 9.02. The normalized spacial score (nSPS) is 27.2. The van der Waals surface area contributed by atoms with E-state index in [1.165, 1.54) is 6.42 Å². The highest BCUT2D eigenvalue weighted by Gasteiger charge is 2.32. The van der Waals surface area contributed by atoms with Crippen LogP contribution < -0.4 is 11.3 Å². The van der Waals surface area contributed by atoms with Crippen molar-refractivity contribution < 1.29 is 4.79 Å². The van der Waals surface area contributed by atoms with Gasteiger partial charge in [-0.3, -0.25) is 10.6 Å². The zero-order valence-corrected chi connectivity index (χ0v) is 11.9. The summed E-state index contributed by atoms with van der Waals surface area (Å²) in [6, 6.07) is 7.61. The number of nitrogen functional groups attached to an aromatic ring is 1. The standard InChI is InChI=1S/C15H23N3O/c1-10-8-11(2)12(3)18(9-10)15(19)13-4-6-14(17-16)7-5-13/h4-7,10-12,17H,8-9,16H2,1-3H3. The van der Waals surface area contributed by atoms with E-state index in [9.17, 15) is 4.79 Å². The van der Waals surface area contributed by atoms with Gasteiger partial charge >= 0.3 is 0 Å². The first kappa shape index (κ1) is 13.9. The van der Waals surface area contributed by atoms with E-state index in [1.54, 1.807) is 0 Å². The van der Waals surface area contributed by atoms with Crippen LogP contribution in [0.4, 0.5) is 5.69 Å². The SMILES string of the molecule is CC1CC(C)C(C)N(C(=O)c2ccc(NN)cc2)C1. The average molecular weight is 261 g/mol. The molecule has 104 valence electrons. The molecule has 1 heterocycles. The van der Waals surface area contributed by atoms with Gasteiger partial charge in [0.25, 0.3) is 5.91 Å². The van der Waals surface area contributed by atoms with Crippen molar-refractivity contribution in [1.29, 1.82) is 0 Å². The Morgan fingerprint density at radius 1 is 1.26 bits per heavy atom. The minimum absolute atomic E-state index is 0.120. The minimum Gasteiger partial charge on any atom is -0.335 e. The van der Waals surface area contributed by atoms with Gasteiger partial charge in [-0.15, -0.1) is 0 Å². The van der Waals surface area contributed by atoms with Crippen LogP contribution in [0, 0.1) is 11.8 Å². The van der Waals surface area contributed by atoms with Gasteiger partial charge in [-0.1, -0.05) is 13.8 Å². The van der Waals surface area contributed by atoms with Crippen LogP contribution in [0.3, 0.4) is 0 Å². The first-order valence-electron chi connectivity index (χ1n) is 6.90. The van der Waals surface area contributed by atoms with Gasteiger partial charge in [-0.2, -0.15) is 0 Å². The largest absolute Gasteiger partial charge is 0.335 e. The smallest absolute Gasteiger partial charge is 0.254 e. The number of benzene rings is 1. The molecule has 2 rings (SSSR count). The number of hydrazine groups is 1. The quantitative estimate of drug-likeness (QED) is 0.635. The number of likely N-dealkylation sites (tertiary alicyclic amines) is 1. The van der Waals surface area contributed by atoms with E-state index in [0.29, 0.717) is 17.9 Å². The monoisotopic (exact) mass is 261 g/mol. The molecule has 1 aliphatic rings. The third-order valence-electron chi connectivity index (χ3n) is 4.16. The molecule has 0 saturated carbocycles. The lowest BCUT2D eigenvalue weighted by molar-refractivity contribution is 0.0456. The molecule has 3 unspecified atom stereocenters. The fraction of sp³-hybridized carbons (Fsp3) is 0.533. The van der Waals surface area contributed by atoms with Crippen molar-refractivity contribution in [2.75, 3.05) is 12.0 Å². The van der Waals surface area contributed by atoms with Gasteiger partial charge in [0.2, 0.25) is 0 Å². The van der Waals surface area contributed by atoms with Gasteiger partial charge in [0, 0.05) is 23.8 Å². The van der Waals surface area contributed by atoms with Crippen molar-refractivity contribution in [2.24, 2.45) is 17.7 Å². The molecule has 1 aromatic rings. The lowest BCUT2D eigenvalue weighted by atomic mass is 9.85. The summed E-state index contributed by atoms with van der Waals surface area (Å²) in [6.45, 7) is 7.43. The van der Waals surface area contributed by atoms with Crippen LogP contribution in [-0.2, 0) is 0 Å². The zero-order valence-electron chi connectivity index (χ0n) is 11.9. The number of anilines is 1. The van der Waals surface area contributed by atoms with Gasteiger partial charge in [0.1, 0.15) is 0 Å². The van der Waals surface area contributed by atoms with Crippen LogP contribution in [-0.4, -0.2) is 23.4 Å². The highest BCUT2D eigenvalue weighted by atomic mass is 16.2. The van der Waals surface area contributed by atoms with Crippen molar-refractivity contribution in [3.63, 3.8) is 0 Å².